The van der Waals surface area contributed by atoms with Crippen LogP contribution in [0.3, 0.4) is 0 Å². The van der Waals surface area contributed by atoms with Crippen LogP contribution < -0.4 is 5.32 Å². The summed E-state index contributed by atoms with van der Waals surface area (Å²) in [5, 5.41) is 11.7. The maximum atomic E-state index is 12.0. The fraction of sp³-hybridized carbons (Fsp3) is 0.385. The van der Waals surface area contributed by atoms with Gasteiger partial charge in [-0.2, -0.15) is 0 Å². The molecule has 1 aliphatic rings. The standard InChI is InChI=1S/C13H15NO4/c1-13(6-7-18-8-13)14-11(15)9-2-4-10(5-3-9)12(16)17/h2-5H,6-8H2,1H3,(H,14,15)(H,16,17). The van der Waals surface area contributed by atoms with E-state index in [-0.39, 0.29) is 17.0 Å². The van der Waals surface area contributed by atoms with Crippen LogP contribution in [0.5, 0.6) is 0 Å². The molecular weight excluding hydrogens is 234 g/mol. The minimum Gasteiger partial charge on any atom is -0.478 e. The molecule has 1 atom stereocenters. The Morgan fingerprint density at radius 3 is 2.39 bits per heavy atom. The maximum Gasteiger partial charge on any atom is 0.335 e. The Balaban J connectivity index is 2.07. The van der Waals surface area contributed by atoms with Gasteiger partial charge < -0.3 is 15.2 Å². The summed E-state index contributed by atoms with van der Waals surface area (Å²) >= 11 is 0. The molecule has 1 aliphatic heterocycles. The monoisotopic (exact) mass is 249 g/mol. The third-order valence-electron chi connectivity index (χ3n) is 3.03. The van der Waals surface area contributed by atoms with Gasteiger partial charge in [0.15, 0.2) is 0 Å². The van der Waals surface area contributed by atoms with Gasteiger partial charge in [-0.1, -0.05) is 0 Å². The molecule has 18 heavy (non-hydrogen) atoms. The van der Waals surface area contributed by atoms with Crippen molar-refractivity contribution in [2.45, 2.75) is 18.9 Å². The lowest BCUT2D eigenvalue weighted by Crippen LogP contribution is -2.46. The predicted octanol–water partition coefficient (Wildman–Crippen LogP) is 1.29. The number of hydrogen-bond donors (Lipinski definition) is 2. The van der Waals surface area contributed by atoms with E-state index in [1.165, 1.54) is 24.3 Å². The molecule has 0 radical (unpaired) electrons. The van der Waals surface area contributed by atoms with Crippen molar-refractivity contribution in [3.05, 3.63) is 35.4 Å². The summed E-state index contributed by atoms with van der Waals surface area (Å²) in [5.74, 6) is -1.21. The fourth-order valence-corrected chi connectivity index (χ4v) is 1.88. The minimum absolute atomic E-state index is 0.168. The number of ether oxygens (including phenoxy) is 1. The number of carboxylic acid groups (broad SMARTS) is 1. The van der Waals surface area contributed by atoms with Crippen LogP contribution >= 0.6 is 0 Å². The third kappa shape index (κ3) is 2.68. The van der Waals surface area contributed by atoms with Gasteiger partial charge in [0.2, 0.25) is 0 Å². The molecule has 0 aliphatic carbocycles. The van der Waals surface area contributed by atoms with E-state index in [0.717, 1.165) is 6.42 Å². The van der Waals surface area contributed by atoms with Crippen LogP contribution in [-0.2, 0) is 4.74 Å². The Kier molecular flexibility index (Phi) is 3.34. The zero-order valence-corrected chi connectivity index (χ0v) is 10.1. The van der Waals surface area contributed by atoms with Crippen LogP contribution in [0.4, 0.5) is 0 Å². The largest absolute Gasteiger partial charge is 0.478 e. The summed E-state index contributed by atoms with van der Waals surface area (Å²) in [6.45, 7) is 3.09. The molecule has 2 rings (SSSR count). The van der Waals surface area contributed by atoms with E-state index in [1.807, 2.05) is 6.92 Å². The molecule has 2 N–H and O–H groups in total. The number of carbonyl (C=O) groups is 2. The van der Waals surface area contributed by atoms with Crippen molar-refractivity contribution in [3.8, 4) is 0 Å². The lowest BCUT2D eigenvalue weighted by atomic mass is 10.0. The molecule has 1 aromatic carbocycles. The van der Waals surface area contributed by atoms with Gasteiger partial charge in [-0.15, -0.1) is 0 Å². The van der Waals surface area contributed by atoms with Crippen LogP contribution in [0, 0.1) is 0 Å². The molecule has 0 saturated carbocycles. The SMILES string of the molecule is CC1(NC(=O)c2ccc(C(=O)O)cc2)CCOC1. The van der Waals surface area contributed by atoms with Gasteiger partial charge in [-0.05, 0) is 37.6 Å². The number of rotatable bonds is 3. The van der Waals surface area contributed by atoms with Gasteiger partial charge in [0, 0.05) is 12.2 Å². The fourth-order valence-electron chi connectivity index (χ4n) is 1.88. The van der Waals surface area contributed by atoms with Gasteiger partial charge in [0.1, 0.15) is 0 Å². The van der Waals surface area contributed by atoms with Crippen LogP contribution in [0.1, 0.15) is 34.1 Å². The average Bonchev–Trinajstić information content (AvgIpc) is 2.76. The molecule has 1 unspecified atom stereocenters. The normalized spacial score (nSPS) is 22.7. The van der Waals surface area contributed by atoms with E-state index in [4.69, 9.17) is 9.84 Å². The van der Waals surface area contributed by atoms with Crippen LogP contribution in [-0.4, -0.2) is 35.7 Å². The number of benzene rings is 1. The predicted molar refractivity (Wildman–Crippen MR) is 64.7 cm³/mol. The number of nitrogens with one attached hydrogen (secondary N) is 1. The summed E-state index contributed by atoms with van der Waals surface area (Å²) in [6, 6.07) is 5.87. The Labute approximate surface area is 105 Å². The van der Waals surface area contributed by atoms with Crippen LogP contribution in [0.15, 0.2) is 24.3 Å². The van der Waals surface area contributed by atoms with E-state index < -0.39 is 5.97 Å². The van der Waals surface area contributed by atoms with Gasteiger partial charge in [-0.3, -0.25) is 4.79 Å². The van der Waals surface area contributed by atoms with Crippen molar-refractivity contribution in [1.29, 1.82) is 0 Å². The average molecular weight is 249 g/mol. The second kappa shape index (κ2) is 4.78. The van der Waals surface area contributed by atoms with Crippen molar-refractivity contribution in [1.82, 2.24) is 5.32 Å². The van der Waals surface area contributed by atoms with E-state index in [9.17, 15) is 9.59 Å². The Hall–Kier alpha value is -1.88. The first kappa shape index (κ1) is 12.6. The highest BCUT2D eigenvalue weighted by Gasteiger charge is 2.31. The number of carbonyl (C=O) groups excluding carboxylic acids is 1. The maximum absolute atomic E-state index is 12.0. The zero-order valence-electron chi connectivity index (χ0n) is 10.1. The lowest BCUT2D eigenvalue weighted by Gasteiger charge is -2.23. The molecule has 5 nitrogen and oxygen atoms in total. The van der Waals surface area contributed by atoms with Crippen molar-refractivity contribution < 1.29 is 19.4 Å². The van der Waals surface area contributed by atoms with Crippen LogP contribution in [0.2, 0.25) is 0 Å². The van der Waals surface area contributed by atoms with Gasteiger partial charge in [0.05, 0.1) is 17.7 Å². The molecule has 1 heterocycles. The topological polar surface area (TPSA) is 75.6 Å². The summed E-state index contributed by atoms with van der Waals surface area (Å²) in [6.07, 6.45) is 0.784. The van der Waals surface area contributed by atoms with Crippen molar-refractivity contribution in [3.63, 3.8) is 0 Å². The summed E-state index contributed by atoms with van der Waals surface area (Å²) in [4.78, 5) is 22.7. The Morgan fingerprint density at radius 2 is 1.89 bits per heavy atom. The number of amides is 1. The smallest absolute Gasteiger partial charge is 0.335 e. The second-order valence-corrected chi connectivity index (χ2v) is 4.70. The second-order valence-electron chi connectivity index (χ2n) is 4.70. The molecule has 0 bridgehead atoms. The molecule has 96 valence electrons. The van der Waals surface area contributed by atoms with Gasteiger partial charge in [0.25, 0.3) is 5.91 Å². The van der Waals surface area contributed by atoms with Crippen molar-refractivity contribution in [2.24, 2.45) is 0 Å². The summed E-state index contributed by atoms with van der Waals surface area (Å²) in [5.41, 5.74) is 0.290. The van der Waals surface area contributed by atoms with Gasteiger partial charge >= 0.3 is 5.97 Å². The molecule has 1 saturated heterocycles. The first-order valence-electron chi connectivity index (χ1n) is 5.74. The van der Waals surface area contributed by atoms with Gasteiger partial charge in [-0.25, -0.2) is 4.79 Å². The summed E-state index contributed by atoms with van der Waals surface area (Å²) < 4.78 is 5.25. The highest BCUT2D eigenvalue weighted by Crippen LogP contribution is 2.18. The van der Waals surface area contributed by atoms with E-state index >= 15 is 0 Å². The van der Waals surface area contributed by atoms with E-state index in [2.05, 4.69) is 5.32 Å². The van der Waals surface area contributed by atoms with Crippen molar-refractivity contribution in [2.75, 3.05) is 13.2 Å². The lowest BCUT2D eigenvalue weighted by molar-refractivity contribution is 0.0696. The van der Waals surface area contributed by atoms with E-state index in [1.54, 1.807) is 0 Å². The number of aromatic carboxylic acids is 1. The number of carboxylic acids is 1. The minimum atomic E-state index is -1.00. The molecular formula is C13H15NO4. The highest BCUT2D eigenvalue weighted by molar-refractivity contribution is 5.96. The quantitative estimate of drug-likeness (QED) is 0.846. The third-order valence-corrected chi connectivity index (χ3v) is 3.03. The van der Waals surface area contributed by atoms with Crippen molar-refractivity contribution >= 4 is 11.9 Å². The first-order chi connectivity index (χ1) is 8.50. The summed E-state index contributed by atoms with van der Waals surface area (Å²) in [7, 11) is 0. The van der Waals surface area contributed by atoms with Crippen LogP contribution in [0.25, 0.3) is 0 Å². The molecule has 5 heteroatoms. The molecule has 0 spiro atoms. The zero-order chi connectivity index (χ0) is 13.2. The Morgan fingerprint density at radius 1 is 1.28 bits per heavy atom. The Bertz CT molecular complexity index is 460. The highest BCUT2D eigenvalue weighted by atomic mass is 16.5. The molecule has 0 aromatic heterocycles. The molecule has 1 amide bonds. The molecule has 1 fully saturated rings. The molecule has 1 aromatic rings. The van der Waals surface area contributed by atoms with E-state index in [0.29, 0.717) is 18.8 Å². The number of hydrogen-bond acceptors (Lipinski definition) is 3. The first-order valence-corrected chi connectivity index (χ1v) is 5.74.